The first-order valence-electron chi connectivity index (χ1n) is 10.4. The summed E-state index contributed by atoms with van der Waals surface area (Å²) in [4.78, 5) is 22.2. The van der Waals surface area contributed by atoms with Crippen molar-refractivity contribution in [1.82, 2.24) is 25.1 Å². The van der Waals surface area contributed by atoms with Gasteiger partial charge in [0.05, 0.1) is 33.1 Å². The second-order valence-electron chi connectivity index (χ2n) is 7.48. The lowest BCUT2D eigenvalue weighted by atomic mass is 10.00. The molecule has 8 nitrogen and oxygen atoms in total. The zero-order valence-electron chi connectivity index (χ0n) is 18.2. The number of rotatable bonds is 5. The van der Waals surface area contributed by atoms with Crippen LogP contribution < -0.4 is 10.7 Å². The summed E-state index contributed by atoms with van der Waals surface area (Å²) in [6.45, 7) is 0. The molecule has 5 aromatic rings. The molecule has 2 aromatic carbocycles. The maximum absolute atomic E-state index is 14.9. The third kappa shape index (κ3) is 4.55. The fraction of sp³-hybridized carbons (Fsp3) is 0. The molecule has 2 N–H and O–H groups in total. The molecule has 0 radical (unpaired) electrons. The van der Waals surface area contributed by atoms with Crippen LogP contribution in [0.3, 0.4) is 0 Å². The molecule has 0 saturated heterocycles. The van der Waals surface area contributed by atoms with Gasteiger partial charge in [-0.3, -0.25) is 9.78 Å². The number of amides is 1. The number of nitrogens with zero attached hydrogens (tertiary/aromatic N) is 5. The Morgan fingerprint density at radius 3 is 2.44 bits per heavy atom. The minimum Gasteiger partial charge on any atom is -0.320 e. The Balaban J connectivity index is 1.35. The molecule has 3 aromatic heterocycles. The standard InChI is InChI=1S/C25H14Cl2FN7O/c1-2-14-12-29-8-7-16(14)17-10-19(26)18(11-21(17)28)25(36)31-15-9-20(27)24(30-13-15)34-35-32-22-5-3-4-6-23(22)33-35/h1,3-13H,(H,30,34)(H,31,36). The molecular formula is C25H14Cl2FN7O. The Morgan fingerprint density at radius 2 is 1.75 bits per heavy atom. The molecule has 36 heavy (non-hydrogen) atoms. The van der Waals surface area contributed by atoms with Gasteiger partial charge in [0.15, 0.2) is 5.82 Å². The van der Waals surface area contributed by atoms with E-state index in [9.17, 15) is 9.18 Å². The van der Waals surface area contributed by atoms with Crippen molar-refractivity contribution in [1.29, 1.82) is 0 Å². The van der Waals surface area contributed by atoms with E-state index in [1.165, 1.54) is 35.6 Å². The number of pyridine rings is 2. The van der Waals surface area contributed by atoms with Gasteiger partial charge in [-0.2, -0.15) is 0 Å². The van der Waals surface area contributed by atoms with Crippen LogP contribution in [0.25, 0.3) is 22.2 Å². The molecule has 5 rings (SSSR count). The van der Waals surface area contributed by atoms with Gasteiger partial charge in [0.2, 0.25) is 0 Å². The quantitative estimate of drug-likeness (QED) is 0.301. The monoisotopic (exact) mass is 517 g/mol. The summed E-state index contributed by atoms with van der Waals surface area (Å²) in [5.41, 5.74) is 5.47. The molecule has 176 valence electrons. The van der Waals surface area contributed by atoms with Crippen molar-refractivity contribution >= 4 is 51.6 Å². The molecule has 0 aliphatic rings. The fourth-order valence-electron chi connectivity index (χ4n) is 3.46. The minimum atomic E-state index is -0.665. The summed E-state index contributed by atoms with van der Waals surface area (Å²) in [7, 11) is 0. The summed E-state index contributed by atoms with van der Waals surface area (Å²) in [5, 5.41) is 11.4. The third-order valence-corrected chi connectivity index (χ3v) is 5.76. The van der Waals surface area contributed by atoms with Crippen LogP contribution in [0.5, 0.6) is 0 Å². The summed E-state index contributed by atoms with van der Waals surface area (Å²) < 4.78 is 14.9. The van der Waals surface area contributed by atoms with Crippen LogP contribution in [0, 0.1) is 18.2 Å². The first-order chi connectivity index (χ1) is 17.4. The number of anilines is 2. The second kappa shape index (κ2) is 9.62. The molecule has 0 saturated carbocycles. The Bertz CT molecular complexity index is 1650. The number of terminal acetylenes is 1. The van der Waals surface area contributed by atoms with E-state index in [2.05, 4.69) is 36.8 Å². The first kappa shape index (κ1) is 23.2. The van der Waals surface area contributed by atoms with Crippen molar-refractivity contribution in [2.24, 2.45) is 0 Å². The van der Waals surface area contributed by atoms with Crippen molar-refractivity contribution in [3.05, 3.63) is 94.1 Å². The first-order valence-corrected chi connectivity index (χ1v) is 11.1. The zero-order chi connectivity index (χ0) is 25.2. The van der Waals surface area contributed by atoms with Crippen LogP contribution in [-0.2, 0) is 0 Å². The Kier molecular flexibility index (Phi) is 6.21. The lowest BCUT2D eigenvalue weighted by Crippen LogP contribution is -2.16. The predicted octanol–water partition coefficient (Wildman–Crippen LogP) is 5.44. The molecule has 0 spiro atoms. The van der Waals surface area contributed by atoms with Crippen LogP contribution in [-0.4, -0.2) is 31.0 Å². The van der Waals surface area contributed by atoms with E-state index in [0.29, 0.717) is 22.2 Å². The molecule has 3 heterocycles. The average Bonchev–Trinajstić information content (AvgIpc) is 3.29. The highest BCUT2D eigenvalue weighted by Crippen LogP contribution is 2.31. The van der Waals surface area contributed by atoms with E-state index in [0.717, 1.165) is 6.07 Å². The number of halogens is 3. The second-order valence-corrected chi connectivity index (χ2v) is 8.29. The predicted molar refractivity (Wildman–Crippen MR) is 136 cm³/mol. The highest BCUT2D eigenvalue weighted by molar-refractivity contribution is 6.35. The van der Waals surface area contributed by atoms with Crippen molar-refractivity contribution in [2.75, 3.05) is 10.7 Å². The normalized spacial score (nSPS) is 10.7. The van der Waals surface area contributed by atoms with E-state index < -0.39 is 11.7 Å². The maximum atomic E-state index is 14.9. The number of aromatic nitrogens is 5. The van der Waals surface area contributed by atoms with Gasteiger partial charge in [0, 0.05) is 23.5 Å². The third-order valence-electron chi connectivity index (χ3n) is 5.16. The maximum Gasteiger partial charge on any atom is 0.257 e. The van der Waals surface area contributed by atoms with Crippen LogP contribution in [0.1, 0.15) is 15.9 Å². The van der Waals surface area contributed by atoms with Crippen LogP contribution >= 0.6 is 23.2 Å². The Labute approximate surface area is 214 Å². The van der Waals surface area contributed by atoms with E-state index in [4.69, 9.17) is 29.6 Å². The highest BCUT2D eigenvalue weighted by atomic mass is 35.5. The Morgan fingerprint density at radius 1 is 1.00 bits per heavy atom. The largest absolute Gasteiger partial charge is 0.320 e. The number of carbonyl (C=O) groups excluding carboxylic acids is 1. The van der Waals surface area contributed by atoms with Gasteiger partial charge >= 0.3 is 0 Å². The van der Waals surface area contributed by atoms with E-state index in [-0.39, 0.29) is 32.7 Å². The minimum absolute atomic E-state index is 0.0397. The summed E-state index contributed by atoms with van der Waals surface area (Å²) in [6, 6.07) is 12.8. The molecule has 0 fully saturated rings. The van der Waals surface area contributed by atoms with Crippen molar-refractivity contribution in [3.63, 3.8) is 0 Å². The van der Waals surface area contributed by atoms with Gasteiger partial charge in [-0.15, -0.1) is 16.6 Å². The van der Waals surface area contributed by atoms with Gasteiger partial charge in [-0.1, -0.05) is 46.2 Å². The molecule has 0 unspecified atom stereocenters. The number of hydrogen-bond donors (Lipinski definition) is 2. The molecule has 0 atom stereocenters. The van der Waals surface area contributed by atoms with Crippen LogP contribution in [0.15, 0.2) is 67.1 Å². The van der Waals surface area contributed by atoms with Gasteiger partial charge in [-0.25, -0.2) is 14.8 Å². The molecule has 0 aliphatic carbocycles. The van der Waals surface area contributed by atoms with Crippen molar-refractivity contribution in [2.45, 2.75) is 0 Å². The smallest absolute Gasteiger partial charge is 0.257 e. The molecule has 0 bridgehead atoms. The molecule has 11 heteroatoms. The van der Waals surface area contributed by atoms with Crippen LogP contribution in [0.2, 0.25) is 10.0 Å². The number of benzene rings is 2. The van der Waals surface area contributed by atoms with E-state index >= 15 is 0 Å². The number of nitrogens with one attached hydrogen (secondary N) is 2. The lowest BCUT2D eigenvalue weighted by Gasteiger charge is -2.12. The van der Waals surface area contributed by atoms with Gasteiger partial charge in [0.25, 0.3) is 5.91 Å². The van der Waals surface area contributed by atoms with Crippen molar-refractivity contribution < 1.29 is 9.18 Å². The Hall–Kier alpha value is -4.52. The molecule has 1 amide bonds. The van der Waals surface area contributed by atoms with Gasteiger partial charge in [0.1, 0.15) is 16.9 Å². The van der Waals surface area contributed by atoms with Gasteiger partial charge in [-0.05, 0) is 36.4 Å². The molecular weight excluding hydrogens is 504 g/mol. The SMILES string of the molecule is C#Cc1cnccc1-c1cc(Cl)c(C(=O)Nc2cnc(Nn3nc4ccccc4n3)c(Cl)c2)cc1F. The number of fused-ring (bicyclic) bond motifs is 1. The highest BCUT2D eigenvalue weighted by Gasteiger charge is 2.18. The zero-order valence-corrected chi connectivity index (χ0v) is 19.7. The lowest BCUT2D eigenvalue weighted by molar-refractivity contribution is 0.102. The fourth-order valence-corrected chi connectivity index (χ4v) is 3.92. The average molecular weight is 518 g/mol. The topological polar surface area (TPSA) is 97.6 Å². The summed E-state index contributed by atoms with van der Waals surface area (Å²) in [6.07, 6.45) is 9.80. The number of carbonyl (C=O) groups is 1. The van der Waals surface area contributed by atoms with Crippen molar-refractivity contribution in [3.8, 4) is 23.5 Å². The van der Waals surface area contributed by atoms with E-state index in [1.54, 1.807) is 6.07 Å². The number of hydrogen-bond acceptors (Lipinski definition) is 6. The summed E-state index contributed by atoms with van der Waals surface area (Å²) in [5.74, 6) is 1.42. The van der Waals surface area contributed by atoms with Crippen LogP contribution in [0.4, 0.5) is 15.9 Å². The van der Waals surface area contributed by atoms with Gasteiger partial charge < -0.3 is 5.32 Å². The van der Waals surface area contributed by atoms with E-state index in [1.807, 2.05) is 24.3 Å². The molecule has 0 aliphatic heterocycles. The summed E-state index contributed by atoms with van der Waals surface area (Å²) >= 11 is 12.7.